The van der Waals surface area contributed by atoms with Crippen molar-refractivity contribution < 1.29 is 14.7 Å². The van der Waals surface area contributed by atoms with Gasteiger partial charge in [-0.25, -0.2) is 0 Å². The Kier molecular flexibility index (Phi) is 4.02. The Morgan fingerprint density at radius 2 is 1.94 bits per heavy atom. The van der Waals surface area contributed by atoms with E-state index >= 15 is 0 Å². The molecule has 0 aliphatic heterocycles. The molecule has 0 spiro atoms. The van der Waals surface area contributed by atoms with Crippen molar-refractivity contribution in [1.29, 1.82) is 0 Å². The average molecular weight is 239 g/mol. The highest BCUT2D eigenvalue weighted by molar-refractivity contribution is 5.76. The molecule has 96 valence electrons. The molecule has 0 unspecified atom stereocenters. The molecule has 4 heteroatoms. The maximum Gasteiger partial charge on any atom is 0.306 e. The number of carbonyl (C=O) groups excluding carboxylic acids is 1. The zero-order chi connectivity index (χ0) is 12.3. The molecule has 1 amide bonds. The lowest BCUT2D eigenvalue weighted by molar-refractivity contribution is -0.141. The Morgan fingerprint density at radius 1 is 1.18 bits per heavy atom. The van der Waals surface area contributed by atoms with Gasteiger partial charge in [0.05, 0.1) is 5.92 Å². The van der Waals surface area contributed by atoms with Gasteiger partial charge in [0.15, 0.2) is 0 Å². The number of aliphatic carboxylic acids is 1. The topological polar surface area (TPSA) is 66.4 Å². The fraction of sp³-hybridized carbons (Fsp3) is 0.846. The molecule has 0 radical (unpaired) electrons. The first-order valence-corrected chi connectivity index (χ1v) is 6.67. The lowest BCUT2D eigenvalue weighted by Crippen LogP contribution is -2.33. The normalized spacial score (nSPS) is 28.7. The van der Waals surface area contributed by atoms with Crippen LogP contribution in [0.4, 0.5) is 0 Å². The van der Waals surface area contributed by atoms with E-state index in [4.69, 9.17) is 5.11 Å². The molecule has 2 N–H and O–H groups in total. The second-order valence-corrected chi connectivity index (χ2v) is 5.45. The fourth-order valence-electron chi connectivity index (χ4n) is 2.75. The van der Waals surface area contributed by atoms with Crippen LogP contribution in [0.2, 0.25) is 0 Å². The predicted octanol–water partition coefficient (Wildman–Crippen LogP) is 1.94. The van der Waals surface area contributed by atoms with E-state index in [1.807, 2.05) is 0 Å². The largest absolute Gasteiger partial charge is 0.481 e. The number of nitrogens with one attached hydrogen (secondary N) is 1. The van der Waals surface area contributed by atoms with Gasteiger partial charge < -0.3 is 10.4 Å². The van der Waals surface area contributed by atoms with Crippen LogP contribution in [0.5, 0.6) is 0 Å². The summed E-state index contributed by atoms with van der Waals surface area (Å²) in [6, 6.07) is 0.0880. The van der Waals surface area contributed by atoms with Crippen molar-refractivity contribution in [2.24, 2.45) is 11.8 Å². The van der Waals surface area contributed by atoms with Crippen LogP contribution in [-0.4, -0.2) is 23.0 Å². The first kappa shape index (κ1) is 12.4. The van der Waals surface area contributed by atoms with E-state index in [-0.39, 0.29) is 17.9 Å². The summed E-state index contributed by atoms with van der Waals surface area (Å²) < 4.78 is 0. The summed E-state index contributed by atoms with van der Waals surface area (Å²) in [6.07, 6.45) is 7.59. The van der Waals surface area contributed by atoms with Gasteiger partial charge in [-0.2, -0.15) is 0 Å². The van der Waals surface area contributed by atoms with Crippen molar-refractivity contribution in [1.82, 2.24) is 5.32 Å². The smallest absolute Gasteiger partial charge is 0.306 e. The molecule has 4 nitrogen and oxygen atoms in total. The number of carboxylic acids is 1. The van der Waals surface area contributed by atoms with Crippen molar-refractivity contribution in [2.45, 2.75) is 57.4 Å². The quantitative estimate of drug-likeness (QED) is 0.770. The first-order valence-electron chi connectivity index (χ1n) is 6.67. The predicted molar refractivity (Wildman–Crippen MR) is 63.5 cm³/mol. The molecular weight excluding hydrogens is 218 g/mol. The molecule has 2 aliphatic rings. The molecule has 2 rings (SSSR count). The molecule has 2 aliphatic carbocycles. The van der Waals surface area contributed by atoms with Crippen LogP contribution >= 0.6 is 0 Å². The van der Waals surface area contributed by atoms with Gasteiger partial charge in [0, 0.05) is 12.5 Å². The van der Waals surface area contributed by atoms with Gasteiger partial charge in [-0.15, -0.1) is 0 Å². The van der Waals surface area contributed by atoms with E-state index in [1.165, 1.54) is 19.3 Å². The molecule has 0 saturated heterocycles. The third-order valence-corrected chi connectivity index (χ3v) is 4.15. The first-order chi connectivity index (χ1) is 8.15. The number of carbonyl (C=O) groups is 2. The number of amides is 1. The lowest BCUT2D eigenvalue weighted by Gasteiger charge is -2.25. The molecule has 0 bridgehead atoms. The molecule has 0 aromatic rings. The van der Waals surface area contributed by atoms with E-state index in [1.54, 1.807) is 0 Å². The minimum Gasteiger partial charge on any atom is -0.481 e. The second-order valence-electron chi connectivity index (χ2n) is 5.45. The number of hydrogen-bond donors (Lipinski definition) is 2. The van der Waals surface area contributed by atoms with Crippen LogP contribution < -0.4 is 5.32 Å². The van der Waals surface area contributed by atoms with E-state index in [0.717, 1.165) is 18.8 Å². The summed E-state index contributed by atoms with van der Waals surface area (Å²) in [7, 11) is 0. The Bertz CT molecular complexity index is 299. The summed E-state index contributed by atoms with van der Waals surface area (Å²) in [6.45, 7) is 0. The molecule has 0 aromatic carbocycles. The van der Waals surface area contributed by atoms with E-state index in [9.17, 15) is 9.59 Å². The van der Waals surface area contributed by atoms with Gasteiger partial charge in [0.1, 0.15) is 0 Å². The van der Waals surface area contributed by atoms with Crippen molar-refractivity contribution in [3.8, 4) is 0 Å². The molecule has 2 saturated carbocycles. The standard InChI is InChI=1S/C13H21NO3/c15-12(7-4-9-2-1-3-9)14-11-6-5-10(8-11)13(16)17/h9-11H,1-8H2,(H,14,15)(H,16,17)/t10-,11+/m1/s1. The Balaban J connectivity index is 1.63. The van der Waals surface area contributed by atoms with Crippen LogP contribution in [-0.2, 0) is 9.59 Å². The summed E-state index contributed by atoms with van der Waals surface area (Å²) in [5.41, 5.74) is 0. The number of hydrogen-bond acceptors (Lipinski definition) is 2. The Hall–Kier alpha value is -1.06. The monoisotopic (exact) mass is 239 g/mol. The van der Waals surface area contributed by atoms with Gasteiger partial charge in [0.25, 0.3) is 0 Å². The van der Waals surface area contributed by atoms with Crippen molar-refractivity contribution in [3.05, 3.63) is 0 Å². The molecule has 2 atom stereocenters. The third kappa shape index (κ3) is 3.45. The van der Waals surface area contributed by atoms with Crippen molar-refractivity contribution in [3.63, 3.8) is 0 Å². The van der Waals surface area contributed by atoms with Crippen molar-refractivity contribution >= 4 is 11.9 Å². The zero-order valence-electron chi connectivity index (χ0n) is 10.2. The Morgan fingerprint density at radius 3 is 2.47 bits per heavy atom. The molecule has 2 fully saturated rings. The molecular formula is C13H21NO3. The highest BCUT2D eigenvalue weighted by Gasteiger charge is 2.30. The summed E-state index contributed by atoms with van der Waals surface area (Å²) >= 11 is 0. The van der Waals surface area contributed by atoms with Gasteiger partial charge in [-0.3, -0.25) is 9.59 Å². The van der Waals surface area contributed by atoms with E-state index < -0.39 is 5.97 Å². The minimum atomic E-state index is -0.726. The summed E-state index contributed by atoms with van der Waals surface area (Å²) in [5, 5.41) is 11.8. The van der Waals surface area contributed by atoms with Crippen LogP contribution in [0.25, 0.3) is 0 Å². The average Bonchev–Trinajstić information content (AvgIpc) is 2.63. The number of rotatable bonds is 5. The molecule has 17 heavy (non-hydrogen) atoms. The van der Waals surface area contributed by atoms with E-state index in [0.29, 0.717) is 19.3 Å². The van der Waals surface area contributed by atoms with Crippen LogP contribution in [0, 0.1) is 11.8 Å². The van der Waals surface area contributed by atoms with E-state index in [2.05, 4.69) is 5.32 Å². The minimum absolute atomic E-state index is 0.0880. The lowest BCUT2D eigenvalue weighted by atomic mass is 9.82. The maximum absolute atomic E-state index is 11.7. The summed E-state index contributed by atoms with van der Waals surface area (Å²) in [5.74, 6) is -0.118. The maximum atomic E-state index is 11.7. The number of carboxylic acid groups (broad SMARTS) is 1. The van der Waals surface area contributed by atoms with Gasteiger partial charge in [-0.05, 0) is 31.6 Å². The zero-order valence-corrected chi connectivity index (χ0v) is 10.2. The third-order valence-electron chi connectivity index (χ3n) is 4.15. The van der Waals surface area contributed by atoms with Crippen LogP contribution in [0.15, 0.2) is 0 Å². The van der Waals surface area contributed by atoms with Crippen molar-refractivity contribution in [2.75, 3.05) is 0 Å². The Labute approximate surface area is 102 Å². The fourth-order valence-corrected chi connectivity index (χ4v) is 2.75. The SMILES string of the molecule is O=C(CCC1CCC1)N[C@H]1CC[C@@H](C(=O)O)C1. The molecule has 0 aromatic heterocycles. The van der Waals surface area contributed by atoms with Gasteiger partial charge >= 0.3 is 5.97 Å². The van der Waals surface area contributed by atoms with Crippen LogP contribution in [0.3, 0.4) is 0 Å². The highest BCUT2D eigenvalue weighted by Crippen LogP contribution is 2.30. The van der Waals surface area contributed by atoms with Gasteiger partial charge in [-0.1, -0.05) is 19.3 Å². The summed E-state index contributed by atoms with van der Waals surface area (Å²) in [4.78, 5) is 22.4. The highest BCUT2D eigenvalue weighted by atomic mass is 16.4. The van der Waals surface area contributed by atoms with Crippen LogP contribution in [0.1, 0.15) is 51.4 Å². The van der Waals surface area contributed by atoms with Gasteiger partial charge in [0.2, 0.25) is 5.91 Å². The second kappa shape index (κ2) is 5.52. The molecule has 0 heterocycles.